The maximum Gasteiger partial charge on any atom is 0.326 e. The molecule has 0 spiro atoms. The minimum Gasteiger partial charge on any atom is -0.308 e. The average molecular weight is 289 g/mol. The molecule has 0 heterocycles. The van der Waals surface area contributed by atoms with Crippen LogP contribution in [0.15, 0.2) is 48.5 Å². The lowest BCUT2D eigenvalue weighted by Gasteiger charge is -2.07. The van der Waals surface area contributed by atoms with Crippen molar-refractivity contribution in [3.05, 3.63) is 64.7 Å². The summed E-state index contributed by atoms with van der Waals surface area (Å²) in [5.41, 5.74) is 1.95. The third-order valence-corrected chi connectivity index (χ3v) is 2.98. The number of carbonyl (C=O) groups is 2. The van der Waals surface area contributed by atoms with Gasteiger partial charge in [-0.2, -0.15) is 0 Å². The zero-order valence-electron chi connectivity index (χ0n) is 10.8. The SMILES string of the molecule is Cc1ccc(NC(=O)NC(=O)c2ccccc2Cl)cc1. The van der Waals surface area contributed by atoms with Crippen LogP contribution >= 0.6 is 11.6 Å². The molecule has 0 aromatic heterocycles. The molecule has 5 heteroatoms. The van der Waals surface area contributed by atoms with Gasteiger partial charge < -0.3 is 5.32 Å². The highest BCUT2D eigenvalue weighted by atomic mass is 35.5. The Kier molecular flexibility index (Phi) is 4.38. The summed E-state index contributed by atoms with van der Waals surface area (Å²) in [6.07, 6.45) is 0. The van der Waals surface area contributed by atoms with Crippen molar-refractivity contribution in [1.29, 1.82) is 0 Å². The quantitative estimate of drug-likeness (QED) is 0.887. The first kappa shape index (κ1) is 14.1. The van der Waals surface area contributed by atoms with Gasteiger partial charge in [0.1, 0.15) is 0 Å². The maximum absolute atomic E-state index is 11.9. The Morgan fingerprint density at radius 3 is 2.30 bits per heavy atom. The minimum absolute atomic E-state index is 0.258. The summed E-state index contributed by atoms with van der Waals surface area (Å²) in [5.74, 6) is -0.541. The van der Waals surface area contributed by atoms with Gasteiger partial charge in [-0.25, -0.2) is 4.79 Å². The predicted octanol–water partition coefficient (Wildman–Crippen LogP) is 3.61. The van der Waals surface area contributed by atoms with Gasteiger partial charge in [0, 0.05) is 5.69 Å². The molecule has 0 saturated heterocycles. The predicted molar refractivity (Wildman–Crippen MR) is 79.1 cm³/mol. The number of aryl methyl sites for hydroxylation is 1. The number of urea groups is 1. The van der Waals surface area contributed by atoms with Gasteiger partial charge in [-0.15, -0.1) is 0 Å². The minimum atomic E-state index is -0.598. The number of carbonyl (C=O) groups excluding carboxylic acids is 2. The van der Waals surface area contributed by atoms with Crippen LogP contribution in [0.1, 0.15) is 15.9 Å². The zero-order valence-corrected chi connectivity index (χ0v) is 11.6. The average Bonchev–Trinajstić information content (AvgIpc) is 2.41. The Bertz CT molecular complexity index is 639. The van der Waals surface area contributed by atoms with E-state index in [1.165, 1.54) is 0 Å². The van der Waals surface area contributed by atoms with E-state index in [-0.39, 0.29) is 5.56 Å². The van der Waals surface area contributed by atoms with E-state index in [9.17, 15) is 9.59 Å². The molecule has 2 aromatic rings. The summed E-state index contributed by atoms with van der Waals surface area (Å²) in [6.45, 7) is 1.95. The second-order valence-corrected chi connectivity index (χ2v) is 4.66. The molecule has 0 radical (unpaired) electrons. The first-order chi connectivity index (χ1) is 9.56. The van der Waals surface area contributed by atoms with Crippen molar-refractivity contribution in [3.63, 3.8) is 0 Å². The van der Waals surface area contributed by atoms with E-state index in [4.69, 9.17) is 11.6 Å². The number of imide groups is 1. The van der Waals surface area contributed by atoms with Gasteiger partial charge in [-0.1, -0.05) is 41.4 Å². The number of hydrogen-bond donors (Lipinski definition) is 2. The van der Waals surface area contributed by atoms with E-state index in [1.54, 1.807) is 36.4 Å². The second kappa shape index (κ2) is 6.21. The molecule has 0 bridgehead atoms. The van der Waals surface area contributed by atoms with Crippen LogP contribution in [0, 0.1) is 6.92 Å². The van der Waals surface area contributed by atoms with Gasteiger partial charge in [0.05, 0.1) is 10.6 Å². The fourth-order valence-corrected chi connectivity index (χ4v) is 1.84. The molecule has 0 fully saturated rings. The van der Waals surface area contributed by atoms with Crippen molar-refractivity contribution in [1.82, 2.24) is 5.32 Å². The van der Waals surface area contributed by atoms with Gasteiger partial charge in [0.25, 0.3) is 5.91 Å². The molecule has 0 aliphatic rings. The van der Waals surface area contributed by atoms with Gasteiger partial charge in [0.2, 0.25) is 0 Å². The van der Waals surface area contributed by atoms with E-state index in [1.807, 2.05) is 19.1 Å². The Morgan fingerprint density at radius 1 is 1.00 bits per heavy atom. The van der Waals surface area contributed by atoms with Crippen LogP contribution in [0.4, 0.5) is 10.5 Å². The van der Waals surface area contributed by atoms with Crippen LogP contribution in [-0.4, -0.2) is 11.9 Å². The monoisotopic (exact) mass is 288 g/mol. The summed E-state index contributed by atoms with van der Waals surface area (Å²) in [7, 11) is 0. The number of hydrogen-bond acceptors (Lipinski definition) is 2. The van der Waals surface area contributed by atoms with E-state index >= 15 is 0 Å². The molecule has 0 aliphatic heterocycles. The van der Waals surface area contributed by atoms with Crippen molar-refractivity contribution in [2.45, 2.75) is 6.92 Å². The maximum atomic E-state index is 11.9. The third kappa shape index (κ3) is 3.59. The molecule has 0 atom stereocenters. The van der Waals surface area contributed by atoms with Gasteiger partial charge >= 0.3 is 6.03 Å². The fraction of sp³-hybridized carbons (Fsp3) is 0.0667. The van der Waals surface area contributed by atoms with Gasteiger partial charge in [-0.05, 0) is 31.2 Å². The molecule has 3 amide bonds. The lowest BCUT2D eigenvalue weighted by Crippen LogP contribution is -2.34. The number of nitrogens with one attached hydrogen (secondary N) is 2. The summed E-state index contributed by atoms with van der Waals surface area (Å²) < 4.78 is 0. The van der Waals surface area contributed by atoms with Crippen LogP contribution in [-0.2, 0) is 0 Å². The van der Waals surface area contributed by atoms with Crippen LogP contribution in [0.5, 0.6) is 0 Å². The number of amides is 3. The molecular weight excluding hydrogens is 276 g/mol. The van der Waals surface area contributed by atoms with Crippen molar-refractivity contribution in [2.75, 3.05) is 5.32 Å². The molecule has 102 valence electrons. The normalized spacial score (nSPS) is 9.90. The lowest BCUT2D eigenvalue weighted by molar-refractivity contribution is 0.0967. The van der Waals surface area contributed by atoms with Crippen molar-refractivity contribution in [2.24, 2.45) is 0 Å². The van der Waals surface area contributed by atoms with Crippen molar-refractivity contribution < 1.29 is 9.59 Å². The van der Waals surface area contributed by atoms with E-state index in [2.05, 4.69) is 10.6 Å². The molecule has 0 unspecified atom stereocenters. The number of halogens is 1. The Labute approximate surface area is 121 Å². The number of anilines is 1. The number of benzene rings is 2. The topological polar surface area (TPSA) is 58.2 Å². The third-order valence-electron chi connectivity index (χ3n) is 2.65. The Hall–Kier alpha value is -2.33. The molecular formula is C15H13ClN2O2. The van der Waals surface area contributed by atoms with Crippen LogP contribution in [0.3, 0.4) is 0 Å². The smallest absolute Gasteiger partial charge is 0.308 e. The summed E-state index contributed by atoms with van der Waals surface area (Å²) >= 11 is 5.89. The zero-order chi connectivity index (χ0) is 14.5. The van der Waals surface area contributed by atoms with E-state index in [0.29, 0.717) is 10.7 Å². The molecule has 2 aromatic carbocycles. The molecule has 0 saturated carbocycles. The molecule has 20 heavy (non-hydrogen) atoms. The largest absolute Gasteiger partial charge is 0.326 e. The Balaban J connectivity index is 2.00. The summed E-state index contributed by atoms with van der Waals surface area (Å²) in [4.78, 5) is 23.6. The Morgan fingerprint density at radius 2 is 1.65 bits per heavy atom. The first-order valence-corrected chi connectivity index (χ1v) is 6.37. The first-order valence-electron chi connectivity index (χ1n) is 6.00. The van der Waals surface area contributed by atoms with E-state index < -0.39 is 11.9 Å². The second-order valence-electron chi connectivity index (χ2n) is 4.25. The molecule has 2 rings (SSSR count). The van der Waals surface area contributed by atoms with Crippen molar-refractivity contribution in [3.8, 4) is 0 Å². The fourth-order valence-electron chi connectivity index (χ4n) is 1.62. The highest BCUT2D eigenvalue weighted by Gasteiger charge is 2.12. The summed E-state index contributed by atoms with van der Waals surface area (Å²) in [5, 5.41) is 5.10. The van der Waals surface area contributed by atoms with Crippen LogP contribution in [0.2, 0.25) is 5.02 Å². The molecule has 2 N–H and O–H groups in total. The molecule has 0 aliphatic carbocycles. The summed E-state index contributed by atoms with van der Waals surface area (Å²) in [6, 6.07) is 13.2. The highest BCUT2D eigenvalue weighted by molar-refractivity contribution is 6.34. The van der Waals surface area contributed by atoms with Gasteiger partial charge in [-0.3, -0.25) is 10.1 Å². The van der Waals surface area contributed by atoms with Crippen molar-refractivity contribution >= 4 is 29.2 Å². The highest BCUT2D eigenvalue weighted by Crippen LogP contribution is 2.14. The van der Waals surface area contributed by atoms with Gasteiger partial charge in [0.15, 0.2) is 0 Å². The van der Waals surface area contributed by atoms with Crippen LogP contribution in [0.25, 0.3) is 0 Å². The standard InChI is InChI=1S/C15H13ClN2O2/c1-10-6-8-11(9-7-10)17-15(20)18-14(19)12-4-2-3-5-13(12)16/h2-9H,1H3,(H2,17,18,19,20). The van der Waals surface area contributed by atoms with Crippen LogP contribution < -0.4 is 10.6 Å². The number of rotatable bonds is 2. The lowest BCUT2D eigenvalue weighted by atomic mass is 10.2. The van der Waals surface area contributed by atoms with E-state index in [0.717, 1.165) is 5.56 Å². The molecule has 4 nitrogen and oxygen atoms in total.